The number of amides is 2. The maximum atomic E-state index is 12.5. The lowest BCUT2D eigenvalue weighted by molar-refractivity contribution is -0.127. The number of aryl methyl sites for hydroxylation is 1. The Morgan fingerprint density at radius 3 is 2.67 bits per heavy atom. The van der Waals surface area contributed by atoms with Gasteiger partial charge < -0.3 is 15.2 Å². The van der Waals surface area contributed by atoms with Crippen LogP contribution >= 0.6 is 0 Å². The highest BCUT2D eigenvalue weighted by atomic mass is 16.2. The minimum absolute atomic E-state index is 0.0150. The van der Waals surface area contributed by atoms with E-state index in [2.05, 4.69) is 10.3 Å². The molecule has 6 heteroatoms. The third-order valence-corrected chi connectivity index (χ3v) is 4.43. The van der Waals surface area contributed by atoms with Gasteiger partial charge in [0.1, 0.15) is 5.69 Å². The Hall–Kier alpha value is -2.11. The van der Waals surface area contributed by atoms with Crippen molar-refractivity contribution in [1.82, 2.24) is 15.2 Å². The third kappa shape index (κ3) is 4.04. The summed E-state index contributed by atoms with van der Waals surface area (Å²) in [7, 11) is 0. The van der Waals surface area contributed by atoms with Crippen molar-refractivity contribution in [1.29, 1.82) is 0 Å². The Balaban J connectivity index is 1.95. The molecule has 0 atom stereocenters. The molecule has 2 amide bonds. The van der Waals surface area contributed by atoms with Gasteiger partial charge in [0.05, 0.1) is 0 Å². The first kappa shape index (κ1) is 18.2. The maximum Gasteiger partial charge on any atom is 0.268 e. The van der Waals surface area contributed by atoms with E-state index in [9.17, 15) is 14.4 Å². The first-order valence-electron chi connectivity index (χ1n) is 8.74. The van der Waals surface area contributed by atoms with E-state index < -0.39 is 0 Å². The van der Waals surface area contributed by atoms with Crippen LogP contribution in [-0.4, -0.2) is 47.1 Å². The number of rotatable bonds is 8. The van der Waals surface area contributed by atoms with E-state index in [-0.39, 0.29) is 17.6 Å². The second-order valence-corrected chi connectivity index (χ2v) is 6.38. The molecule has 0 spiro atoms. The lowest BCUT2D eigenvalue weighted by Gasteiger charge is -2.15. The van der Waals surface area contributed by atoms with Crippen LogP contribution in [0.15, 0.2) is 0 Å². The van der Waals surface area contributed by atoms with Crippen molar-refractivity contribution in [3.05, 3.63) is 22.5 Å². The van der Waals surface area contributed by atoms with Gasteiger partial charge in [0.2, 0.25) is 5.91 Å². The van der Waals surface area contributed by atoms with Gasteiger partial charge in [-0.3, -0.25) is 14.4 Å². The zero-order valence-electron chi connectivity index (χ0n) is 14.8. The van der Waals surface area contributed by atoms with Crippen LogP contribution in [0.2, 0.25) is 0 Å². The van der Waals surface area contributed by atoms with Crippen LogP contribution in [0.25, 0.3) is 0 Å². The summed E-state index contributed by atoms with van der Waals surface area (Å²) in [6, 6.07) is 0. The summed E-state index contributed by atoms with van der Waals surface area (Å²) in [4.78, 5) is 40.8. The van der Waals surface area contributed by atoms with E-state index in [4.69, 9.17) is 0 Å². The molecule has 0 aromatic carbocycles. The summed E-state index contributed by atoms with van der Waals surface area (Å²) < 4.78 is 0. The first-order chi connectivity index (χ1) is 11.5. The van der Waals surface area contributed by atoms with Gasteiger partial charge in [-0.25, -0.2) is 0 Å². The summed E-state index contributed by atoms with van der Waals surface area (Å²) in [5.74, 6) is 0.0123. The second kappa shape index (κ2) is 8.13. The number of carbonyl (C=O) groups is 3. The van der Waals surface area contributed by atoms with Gasteiger partial charge in [0.15, 0.2) is 5.78 Å². The number of hydrogen-bond donors (Lipinski definition) is 2. The lowest BCUT2D eigenvalue weighted by Crippen LogP contribution is -2.31. The largest absolute Gasteiger partial charge is 0.354 e. The van der Waals surface area contributed by atoms with Gasteiger partial charge in [0.25, 0.3) is 5.91 Å². The molecule has 0 aliphatic carbocycles. The molecule has 1 aliphatic heterocycles. The van der Waals surface area contributed by atoms with Crippen LogP contribution in [0.4, 0.5) is 0 Å². The number of aromatic nitrogens is 1. The molecule has 6 nitrogen and oxygen atoms in total. The quantitative estimate of drug-likeness (QED) is 0.565. The molecule has 1 aromatic rings. The van der Waals surface area contributed by atoms with Gasteiger partial charge in [-0.2, -0.15) is 0 Å². The van der Waals surface area contributed by atoms with Crippen LogP contribution in [-0.2, 0) is 11.2 Å². The predicted molar refractivity (Wildman–Crippen MR) is 92.3 cm³/mol. The van der Waals surface area contributed by atoms with Gasteiger partial charge in [0, 0.05) is 37.3 Å². The molecule has 0 bridgehead atoms. The zero-order valence-corrected chi connectivity index (χ0v) is 14.8. The number of hydrogen-bond acceptors (Lipinski definition) is 3. The van der Waals surface area contributed by atoms with Crippen molar-refractivity contribution >= 4 is 17.6 Å². The van der Waals surface area contributed by atoms with Gasteiger partial charge in [-0.1, -0.05) is 13.3 Å². The fourth-order valence-corrected chi connectivity index (χ4v) is 3.35. The highest BCUT2D eigenvalue weighted by Gasteiger charge is 2.22. The average molecular weight is 333 g/mol. The molecule has 1 aliphatic rings. The summed E-state index contributed by atoms with van der Waals surface area (Å²) in [5.41, 5.74) is 2.70. The molecule has 132 valence electrons. The molecule has 2 rings (SSSR count). The minimum Gasteiger partial charge on any atom is -0.354 e. The Bertz CT molecular complexity index is 634. The van der Waals surface area contributed by atoms with Crippen LogP contribution in [0.1, 0.15) is 71.6 Å². The molecule has 24 heavy (non-hydrogen) atoms. The Labute approximate surface area is 143 Å². The van der Waals surface area contributed by atoms with Crippen molar-refractivity contribution in [3.8, 4) is 0 Å². The first-order valence-corrected chi connectivity index (χ1v) is 8.74. The molecular weight excluding hydrogens is 306 g/mol. The van der Waals surface area contributed by atoms with E-state index in [1.165, 1.54) is 6.92 Å². The molecule has 2 N–H and O–H groups in total. The van der Waals surface area contributed by atoms with Crippen molar-refractivity contribution < 1.29 is 14.4 Å². The topological polar surface area (TPSA) is 82.3 Å². The number of H-pyrrole nitrogens is 1. The number of carbonyl (C=O) groups excluding carboxylic acids is 3. The summed E-state index contributed by atoms with van der Waals surface area (Å²) in [5, 5.41) is 2.90. The van der Waals surface area contributed by atoms with Crippen molar-refractivity contribution in [2.24, 2.45) is 0 Å². The minimum atomic E-state index is -0.179. The Kier molecular flexibility index (Phi) is 6.17. The number of ketones is 1. The van der Waals surface area contributed by atoms with Gasteiger partial charge in [-0.05, 0) is 38.7 Å². The number of aromatic amines is 1. The van der Waals surface area contributed by atoms with Crippen molar-refractivity contribution in [2.45, 2.75) is 52.9 Å². The molecular formula is C18H27N3O3. The fourth-order valence-electron chi connectivity index (χ4n) is 3.35. The molecule has 0 radical (unpaired) electrons. The summed E-state index contributed by atoms with van der Waals surface area (Å²) >= 11 is 0. The normalized spacial score (nSPS) is 14.3. The molecule has 1 fully saturated rings. The van der Waals surface area contributed by atoms with Gasteiger partial charge >= 0.3 is 0 Å². The van der Waals surface area contributed by atoms with Crippen molar-refractivity contribution in [2.75, 3.05) is 19.6 Å². The van der Waals surface area contributed by atoms with Crippen molar-refractivity contribution in [3.63, 3.8) is 0 Å². The molecule has 2 heterocycles. The summed E-state index contributed by atoms with van der Waals surface area (Å²) in [6.07, 6.45) is 3.88. The zero-order chi connectivity index (χ0) is 17.7. The van der Waals surface area contributed by atoms with E-state index in [1.54, 1.807) is 0 Å². The smallest absolute Gasteiger partial charge is 0.268 e. The predicted octanol–water partition coefficient (Wildman–Crippen LogP) is 2.22. The Morgan fingerprint density at radius 1 is 1.33 bits per heavy atom. The van der Waals surface area contributed by atoms with E-state index in [1.807, 2.05) is 18.7 Å². The van der Waals surface area contributed by atoms with E-state index in [0.29, 0.717) is 37.2 Å². The van der Waals surface area contributed by atoms with Crippen LogP contribution < -0.4 is 5.32 Å². The third-order valence-electron chi connectivity index (χ3n) is 4.43. The molecule has 1 aromatic heterocycles. The number of nitrogens with one attached hydrogen (secondary N) is 2. The number of nitrogens with zero attached hydrogens (tertiary/aromatic N) is 1. The van der Waals surface area contributed by atoms with Gasteiger partial charge in [-0.15, -0.1) is 0 Å². The van der Waals surface area contributed by atoms with E-state index >= 15 is 0 Å². The lowest BCUT2D eigenvalue weighted by atomic mass is 10.0. The van der Waals surface area contributed by atoms with Crippen LogP contribution in [0.3, 0.4) is 0 Å². The number of Topliss-reactive ketones (excluding diaryl/α,β-unsaturated/α-hetero) is 1. The standard InChI is InChI=1S/C18H27N3O3/c1-4-7-14-16(13(3)22)12(2)20-17(14)18(24)19-9-6-11-21-10-5-8-15(21)23/h20H,4-11H2,1-3H3,(H,19,24). The SMILES string of the molecule is CCCc1c(C(=O)NCCCN2CCCC2=O)[nH]c(C)c1C(C)=O. The molecule has 1 saturated heterocycles. The fraction of sp³-hybridized carbons (Fsp3) is 0.611. The summed E-state index contributed by atoms with van der Waals surface area (Å²) in [6.45, 7) is 7.41. The number of likely N-dealkylation sites (tertiary alicyclic amines) is 1. The maximum absolute atomic E-state index is 12.5. The van der Waals surface area contributed by atoms with Crippen LogP contribution in [0, 0.1) is 6.92 Å². The second-order valence-electron chi connectivity index (χ2n) is 6.38. The highest BCUT2D eigenvalue weighted by molar-refractivity contribution is 6.02. The highest BCUT2D eigenvalue weighted by Crippen LogP contribution is 2.21. The molecule has 0 saturated carbocycles. The van der Waals surface area contributed by atoms with E-state index in [0.717, 1.165) is 37.1 Å². The monoisotopic (exact) mass is 333 g/mol. The Morgan fingerprint density at radius 2 is 2.08 bits per heavy atom. The molecule has 0 unspecified atom stereocenters. The van der Waals surface area contributed by atoms with Crippen LogP contribution in [0.5, 0.6) is 0 Å². The average Bonchev–Trinajstić information content (AvgIpc) is 3.07.